The van der Waals surface area contributed by atoms with Crippen molar-refractivity contribution in [2.24, 2.45) is 0 Å². The van der Waals surface area contributed by atoms with Crippen molar-refractivity contribution in [2.75, 3.05) is 27.2 Å². The fourth-order valence-corrected chi connectivity index (χ4v) is 3.73. The average molecular weight is 371 g/mol. The van der Waals surface area contributed by atoms with E-state index in [1.165, 1.54) is 32.1 Å². The lowest BCUT2D eigenvalue weighted by molar-refractivity contribution is 0.0765. The summed E-state index contributed by atoms with van der Waals surface area (Å²) in [6, 6.07) is 0.682. The van der Waals surface area contributed by atoms with Crippen LogP contribution in [0.5, 0.6) is 0 Å². The number of carbonyl (C=O) groups is 1. The maximum atomic E-state index is 12.6. The molecule has 0 saturated heterocycles. The Kier molecular flexibility index (Phi) is 6.09. The summed E-state index contributed by atoms with van der Waals surface area (Å²) in [4.78, 5) is 16.8. The lowest BCUT2D eigenvalue weighted by Crippen LogP contribution is -2.40. The molecule has 1 saturated carbocycles. The fourth-order valence-electron chi connectivity index (χ4n) is 3.21. The number of nitrogens with zero attached hydrogens (tertiary/aromatic N) is 2. The zero-order valence-electron chi connectivity index (χ0n) is 14.1. The molecule has 0 radical (unpaired) electrons. The molecule has 124 valence electrons. The molecular weight excluding hydrogens is 344 g/mol. The highest BCUT2D eigenvalue weighted by Crippen LogP contribution is 2.28. The molecule has 1 aromatic heterocycles. The Labute approximate surface area is 142 Å². The average Bonchev–Trinajstić information content (AvgIpc) is 2.77. The summed E-state index contributed by atoms with van der Waals surface area (Å²) in [5.41, 5.74) is 0.653. The summed E-state index contributed by atoms with van der Waals surface area (Å²) < 4.78 is 6.31. The summed E-state index contributed by atoms with van der Waals surface area (Å²) in [5, 5.41) is 0. The quantitative estimate of drug-likeness (QED) is 0.785. The van der Waals surface area contributed by atoms with E-state index in [9.17, 15) is 4.79 Å². The third-order valence-electron chi connectivity index (χ3n) is 4.73. The normalized spacial score (nSPS) is 16.3. The minimum Gasteiger partial charge on any atom is -0.465 e. The molecule has 1 fully saturated rings. The summed E-state index contributed by atoms with van der Waals surface area (Å²) in [6.07, 6.45) is 6.63. The number of rotatable bonds is 5. The Morgan fingerprint density at radius 2 is 1.77 bits per heavy atom. The first-order valence-electron chi connectivity index (χ1n) is 8.13. The first kappa shape index (κ1) is 17.5. The van der Waals surface area contributed by atoms with Crippen LogP contribution in [0.4, 0.5) is 0 Å². The van der Waals surface area contributed by atoms with Gasteiger partial charge >= 0.3 is 0 Å². The maximum absolute atomic E-state index is 12.6. The minimum absolute atomic E-state index is 0.0262. The Bertz CT molecular complexity index is 521. The number of hydrogen-bond acceptors (Lipinski definition) is 3. The van der Waals surface area contributed by atoms with Gasteiger partial charge in [0.25, 0.3) is 5.91 Å². The fraction of sp³-hybridized carbons (Fsp3) is 0.706. The van der Waals surface area contributed by atoms with E-state index < -0.39 is 0 Å². The van der Waals surface area contributed by atoms with Gasteiger partial charge in [0.05, 0.1) is 10.0 Å². The molecular formula is C17H27BrN2O2. The zero-order valence-corrected chi connectivity index (χ0v) is 15.7. The van der Waals surface area contributed by atoms with E-state index in [1.54, 1.807) is 4.90 Å². The SMILES string of the molecule is Cc1oc(C)c(C(=O)N(C)CCN(C)C2CCCCC2)c1Br. The highest BCUT2D eigenvalue weighted by molar-refractivity contribution is 9.10. The van der Waals surface area contributed by atoms with Crippen molar-refractivity contribution in [1.29, 1.82) is 0 Å². The van der Waals surface area contributed by atoms with Gasteiger partial charge in [0.1, 0.15) is 11.5 Å². The van der Waals surface area contributed by atoms with E-state index in [0.717, 1.165) is 23.3 Å². The van der Waals surface area contributed by atoms with E-state index in [4.69, 9.17) is 4.42 Å². The van der Waals surface area contributed by atoms with Crippen molar-refractivity contribution in [3.05, 3.63) is 21.6 Å². The topological polar surface area (TPSA) is 36.7 Å². The van der Waals surface area contributed by atoms with Crippen LogP contribution < -0.4 is 0 Å². The standard InChI is InChI=1S/C17H27BrN2O2/c1-12-15(16(18)13(2)22-12)17(21)20(4)11-10-19(3)14-8-6-5-7-9-14/h14H,5-11H2,1-4H3. The number of aryl methyl sites for hydroxylation is 2. The van der Waals surface area contributed by atoms with Gasteiger partial charge in [-0.1, -0.05) is 19.3 Å². The van der Waals surface area contributed by atoms with E-state index >= 15 is 0 Å². The third-order valence-corrected chi connectivity index (χ3v) is 5.69. The van der Waals surface area contributed by atoms with Crippen molar-refractivity contribution in [3.8, 4) is 0 Å². The summed E-state index contributed by atoms with van der Waals surface area (Å²) in [7, 11) is 4.04. The molecule has 1 amide bonds. The van der Waals surface area contributed by atoms with Crippen molar-refractivity contribution in [2.45, 2.75) is 52.0 Å². The van der Waals surface area contributed by atoms with Crippen molar-refractivity contribution in [3.63, 3.8) is 0 Å². The van der Waals surface area contributed by atoms with Crippen LogP contribution in [0.25, 0.3) is 0 Å². The lowest BCUT2D eigenvalue weighted by Gasteiger charge is -2.32. The molecule has 0 aromatic carbocycles. The Balaban J connectivity index is 1.91. The summed E-state index contributed by atoms with van der Waals surface area (Å²) >= 11 is 3.46. The van der Waals surface area contributed by atoms with E-state index in [2.05, 4.69) is 27.9 Å². The van der Waals surface area contributed by atoms with Crippen LogP contribution in [0.1, 0.15) is 54.0 Å². The van der Waals surface area contributed by atoms with E-state index in [0.29, 0.717) is 17.4 Å². The number of amides is 1. The molecule has 0 bridgehead atoms. The monoisotopic (exact) mass is 370 g/mol. The van der Waals surface area contributed by atoms with Gasteiger partial charge in [-0.05, 0) is 49.7 Å². The Hall–Kier alpha value is -0.810. The van der Waals surface area contributed by atoms with Gasteiger partial charge in [-0.15, -0.1) is 0 Å². The molecule has 1 heterocycles. The minimum atomic E-state index is 0.0262. The number of hydrogen-bond donors (Lipinski definition) is 0. The van der Waals surface area contributed by atoms with Gasteiger partial charge in [0.15, 0.2) is 0 Å². The molecule has 1 aromatic rings. The van der Waals surface area contributed by atoms with Crippen LogP contribution in [0.3, 0.4) is 0 Å². The second-order valence-electron chi connectivity index (χ2n) is 6.40. The molecule has 0 N–H and O–H groups in total. The largest absolute Gasteiger partial charge is 0.465 e. The lowest BCUT2D eigenvalue weighted by atomic mass is 9.94. The Morgan fingerprint density at radius 3 is 2.32 bits per heavy atom. The van der Waals surface area contributed by atoms with Crippen molar-refractivity contribution in [1.82, 2.24) is 9.80 Å². The van der Waals surface area contributed by atoms with E-state index in [1.807, 2.05) is 20.9 Å². The van der Waals surface area contributed by atoms with Crippen LogP contribution in [0, 0.1) is 13.8 Å². The molecule has 1 aliphatic carbocycles. The van der Waals surface area contributed by atoms with Gasteiger partial charge in [-0.25, -0.2) is 0 Å². The first-order chi connectivity index (χ1) is 10.4. The van der Waals surface area contributed by atoms with Gasteiger partial charge in [-0.2, -0.15) is 0 Å². The van der Waals surface area contributed by atoms with Gasteiger partial charge in [0.2, 0.25) is 0 Å². The predicted molar refractivity (Wildman–Crippen MR) is 92.3 cm³/mol. The number of carbonyl (C=O) groups excluding carboxylic acids is 1. The molecule has 22 heavy (non-hydrogen) atoms. The number of likely N-dealkylation sites (N-methyl/N-ethyl adjacent to an activating group) is 2. The highest BCUT2D eigenvalue weighted by Gasteiger charge is 2.24. The second-order valence-corrected chi connectivity index (χ2v) is 7.20. The number of halogens is 1. The van der Waals surface area contributed by atoms with Crippen molar-refractivity contribution < 1.29 is 9.21 Å². The molecule has 0 aliphatic heterocycles. The van der Waals surface area contributed by atoms with Gasteiger partial charge in [0, 0.05) is 26.2 Å². The zero-order chi connectivity index (χ0) is 16.3. The molecule has 0 atom stereocenters. The van der Waals surface area contributed by atoms with Crippen LogP contribution >= 0.6 is 15.9 Å². The molecule has 5 heteroatoms. The molecule has 2 rings (SSSR count). The Morgan fingerprint density at radius 1 is 1.14 bits per heavy atom. The summed E-state index contributed by atoms with van der Waals surface area (Å²) in [5.74, 6) is 1.47. The molecule has 0 unspecified atom stereocenters. The molecule has 4 nitrogen and oxygen atoms in total. The third kappa shape index (κ3) is 3.93. The molecule has 0 spiro atoms. The smallest absolute Gasteiger partial charge is 0.258 e. The van der Waals surface area contributed by atoms with Crippen LogP contribution in [-0.2, 0) is 0 Å². The maximum Gasteiger partial charge on any atom is 0.258 e. The predicted octanol–water partition coefficient (Wildman–Crippen LogP) is 4.00. The van der Waals surface area contributed by atoms with Crippen LogP contribution in [0.15, 0.2) is 8.89 Å². The van der Waals surface area contributed by atoms with Crippen LogP contribution in [-0.4, -0.2) is 48.9 Å². The van der Waals surface area contributed by atoms with Crippen molar-refractivity contribution >= 4 is 21.8 Å². The summed E-state index contributed by atoms with van der Waals surface area (Å²) in [6.45, 7) is 5.36. The van der Waals surface area contributed by atoms with Crippen LogP contribution in [0.2, 0.25) is 0 Å². The highest BCUT2D eigenvalue weighted by atomic mass is 79.9. The number of furan rings is 1. The second kappa shape index (κ2) is 7.64. The van der Waals surface area contributed by atoms with Gasteiger partial charge in [-0.3, -0.25) is 4.79 Å². The van der Waals surface area contributed by atoms with E-state index in [-0.39, 0.29) is 5.91 Å². The molecule has 1 aliphatic rings. The van der Waals surface area contributed by atoms with Gasteiger partial charge < -0.3 is 14.2 Å². The first-order valence-corrected chi connectivity index (χ1v) is 8.92.